The van der Waals surface area contributed by atoms with Gasteiger partial charge in [-0.05, 0) is 30.2 Å². The molecule has 0 aromatic heterocycles. The number of carbonyl (C=O) groups excluding carboxylic acids is 1. The van der Waals surface area contributed by atoms with Crippen molar-refractivity contribution in [2.24, 2.45) is 0 Å². The van der Waals surface area contributed by atoms with Crippen molar-refractivity contribution >= 4 is 29.3 Å². The van der Waals surface area contributed by atoms with E-state index in [-0.39, 0.29) is 18.6 Å². The average molecular weight is 334 g/mol. The maximum absolute atomic E-state index is 12.1. The summed E-state index contributed by atoms with van der Waals surface area (Å²) in [6.45, 7) is -0.0322. The summed E-state index contributed by atoms with van der Waals surface area (Å²) in [5, 5.41) is 3.55. The summed E-state index contributed by atoms with van der Waals surface area (Å²) in [6, 6.07) is 15.4. The maximum atomic E-state index is 12.1. The van der Waals surface area contributed by atoms with E-state index in [0.29, 0.717) is 10.8 Å². The van der Waals surface area contributed by atoms with E-state index in [0.717, 1.165) is 12.2 Å². The van der Waals surface area contributed by atoms with Crippen molar-refractivity contribution in [1.82, 2.24) is 5.32 Å². The van der Waals surface area contributed by atoms with Gasteiger partial charge < -0.3 is 10.1 Å². The van der Waals surface area contributed by atoms with Crippen LogP contribution in [0.15, 0.2) is 53.4 Å². The van der Waals surface area contributed by atoms with Crippen LogP contribution in [0.25, 0.3) is 0 Å². The van der Waals surface area contributed by atoms with Crippen LogP contribution in [0.2, 0.25) is 5.02 Å². The summed E-state index contributed by atoms with van der Waals surface area (Å²) in [5.74, 6) is 1.40. The lowest BCUT2D eigenvalue weighted by molar-refractivity contribution is -0.123. The van der Waals surface area contributed by atoms with Gasteiger partial charge in [0.2, 0.25) is 0 Å². The number of halogens is 1. The third kappa shape index (κ3) is 3.57. The van der Waals surface area contributed by atoms with E-state index in [9.17, 15) is 4.79 Å². The van der Waals surface area contributed by atoms with Crippen molar-refractivity contribution in [2.45, 2.75) is 17.4 Å². The van der Waals surface area contributed by atoms with Crippen LogP contribution in [-0.2, 0) is 4.79 Å². The Morgan fingerprint density at radius 1 is 1.23 bits per heavy atom. The Bertz CT molecular complexity index is 677. The van der Waals surface area contributed by atoms with Gasteiger partial charge in [0.1, 0.15) is 5.75 Å². The molecule has 2 aromatic rings. The summed E-state index contributed by atoms with van der Waals surface area (Å²) in [4.78, 5) is 13.4. The van der Waals surface area contributed by atoms with Gasteiger partial charge in [0.15, 0.2) is 6.61 Å². The number of amides is 1. The minimum Gasteiger partial charge on any atom is -0.482 e. The predicted molar refractivity (Wildman–Crippen MR) is 89.6 cm³/mol. The number of fused-ring (bicyclic) bond motifs is 1. The Hall–Kier alpha value is -1.65. The molecule has 3 nitrogen and oxygen atoms in total. The summed E-state index contributed by atoms with van der Waals surface area (Å²) in [6.07, 6.45) is 0.930. The van der Waals surface area contributed by atoms with Gasteiger partial charge in [-0.3, -0.25) is 4.79 Å². The van der Waals surface area contributed by atoms with Gasteiger partial charge in [-0.2, -0.15) is 0 Å². The SMILES string of the molecule is O=C(COc1ccccc1Cl)NC1CCSc2ccccc21. The second kappa shape index (κ2) is 7.07. The molecule has 1 heterocycles. The lowest BCUT2D eigenvalue weighted by Crippen LogP contribution is -2.34. The minimum absolute atomic E-state index is 0.0322. The third-order valence-corrected chi connectivity index (χ3v) is 4.92. The number of hydrogen-bond acceptors (Lipinski definition) is 3. The van der Waals surface area contributed by atoms with Crippen LogP contribution < -0.4 is 10.1 Å². The van der Waals surface area contributed by atoms with Crippen molar-refractivity contribution in [3.05, 3.63) is 59.1 Å². The summed E-state index contributed by atoms with van der Waals surface area (Å²) in [7, 11) is 0. The first-order chi connectivity index (χ1) is 10.7. The number of nitrogens with one attached hydrogen (secondary N) is 1. The number of para-hydroxylation sites is 1. The third-order valence-electron chi connectivity index (χ3n) is 3.49. The number of rotatable bonds is 4. The van der Waals surface area contributed by atoms with E-state index in [1.807, 2.05) is 36.0 Å². The van der Waals surface area contributed by atoms with Crippen molar-refractivity contribution in [3.8, 4) is 5.75 Å². The molecule has 0 fully saturated rings. The molecule has 1 atom stereocenters. The molecule has 114 valence electrons. The molecule has 0 aliphatic carbocycles. The lowest BCUT2D eigenvalue weighted by Gasteiger charge is -2.25. The average Bonchev–Trinajstić information content (AvgIpc) is 2.54. The van der Waals surface area contributed by atoms with E-state index >= 15 is 0 Å². The first kappa shape index (κ1) is 15.3. The topological polar surface area (TPSA) is 38.3 Å². The molecule has 1 aliphatic rings. The Balaban J connectivity index is 1.60. The minimum atomic E-state index is -0.133. The molecule has 0 spiro atoms. The molecular formula is C17H16ClNO2S. The van der Waals surface area contributed by atoms with Gasteiger partial charge in [-0.15, -0.1) is 11.8 Å². The fraction of sp³-hybridized carbons (Fsp3) is 0.235. The molecule has 0 saturated carbocycles. The molecule has 3 rings (SSSR count). The van der Waals surface area contributed by atoms with Crippen LogP contribution in [0.5, 0.6) is 5.75 Å². The van der Waals surface area contributed by atoms with Gasteiger partial charge in [-0.1, -0.05) is 41.9 Å². The first-order valence-electron chi connectivity index (χ1n) is 7.12. The Labute approximate surface area is 139 Å². The monoisotopic (exact) mass is 333 g/mol. The second-order valence-corrected chi connectivity index (χ2v) is 6.56. The van der Waals surface area contributed by atoms with Gasteiger partial charge in [0, 0.05) is 10.6 Å². The molecular weight excluding hydrogens is 318 g/mol. The summed E-state index contributed by atoms with van der Waals surface area (Å²) >= 11 is 7.84. The molecule has 1 amide bonds. The Morgan fingerprint density at radius 2 is 2.00 bits per heavy atom. The fourth-order valence-corrected chi connectivity index (χ4v) is 3.75. The van der Waals surface area contributed by atoms with Crippen LogP contribution in [-0.4, -0.2) is 18.3 Å². The molecule has 1 N–H and O–H groups in total. The van der Waals surface area contributed by atoms with Crippen LogP contribution in [0.1, 0.15) is 18.0 Å². The summed E-state index contributed by atoms with van der Waals surface area (Å²) in [5.41, 5.74) is 1.19. The van der Waals surface area contributed by atoms with Crippen molar-refractivity contribution in [2.75, 3.05) is 12.4 Å². The van der Waals surface area contributed by atoms with Crippen LogP contribution in [0, 0.1) is 0 Å². The van der Waals surface area contributed by atoms with Crippen molar-refractivity contribution in [3.63, 3.8) is 0 Å². The van der Waals surface area contributed by atoms with Gasteiger partial charge in [0.25, 0.3) is 5.91 Å². The molecule has 1 unspecified atom stereocenters. The lowest BCUT2D eigenvalue weighted by atomic mass is 10.0. The largest absolute Gasteiger partial charge is 0.482 e. The molecule has 2 aromatic carbocycles. The standard InChI is InChI=1S/C17H16ClNO2S/c18-13-6-2-3-7-15(13)21-11-17(20)19-14-9-10-22-16-8-4-1-5-12(14)16/h1-8,14H,9-11H2,(H,19,20). The Morgan fingerprint density at radius 3 is 2.86 bits per heavy atom. The highest BCUT2D eigenvalue weighted by molar-refractivity contribution is 7.99. The number of thioether (sulfide) groups is 1. The van der Waals surface area contributed by atoms with Crippen molar-refractivity contribution < 1.29 is 9.53 Å². The van der Waals surface area contributed by atoms with Gasteiger partial charge in [0.05, 0.1) is 11.1 Å². The van der Waals surface area contributed by atoms with Crippen LogP contribution in [0.4, 0.5) is 0 Å². The zero-order chi connectivity index (χ0) is 15.4. The second-order valence-electron chi connectivity index (χ2n) is 5.01. The Kier molecular flexibility index (Phi) is 4.90. The number of benzene rings is 2. The van der Waals surface area contributed by atoms with Crippen LogP contribution in [0.3, 0.4) is 0 Å². The highest BCUT2D eigenvalue weighted by atomic mass is 35.5. The van der Waals surface area contributed by atoms with E-state index in [1.54, 1.807) is 12.1 Å². The molecule has 22 heavy (non-hydrogen) atoms. The van der Waals surface area contributed by atoms with E-state index in [1.165, 1.54) is 10.5 Å². The number of carbonyl (C=O) groups is 1. The van der Waals surface area contributed by atoms with E-state index in [4.69, 9.17) is 16.3 Å². The molecule has 0 bridgehead atoms. The van der Waals surface area contributed by atoms with E-state index < -0.39 is 0 Å². The quantitative estimate of drug-likeness (QED) is 0.916. The highest BCUT2D eigenvalue weighted by Gasteiger charge is 2.22. The van der Waals surface area contributed by atoms with Gasteiger partial charge >= 0.3 is 0 Å². The molecule has 0 saturated heterocycles. The zero-order valence-corrected chi connectivity index (χ0v) is 13.5. The summed E-state index contributed by atoms with van der Waals surface area (Å²) < 4.78 is 5.48. The first-order valence-corrected chi connectivity index (χ1v) is 8.49. The molecule has 0 radical (unpaired) electrons. The smallest absolute Gasteiger partial charge is 0.258 e. The number of hydrogen-bond donors (Lipinski definition) is 1. The molecule has 5 heteroatoms. The van der Waals surface area contributed by atoms with Crippen LogP contribution >= 0.6 is 23.4 Å². The zero-order valence-electron chi connectivity index (χ0n) is 11.9. The fourth-order valence-electron chi connectivity index (χ4n) is 2.43. The number of ether oxygens (including phenoxy) is 1. The molecule has 1 aliphatic heterocycles. The predicted octanol–water partition coefficient (Wildman–Crippen LogP) is 4.07. The maximum Gasteiger partial charge on any atom is 0.258 e. The van der Waals surface area contributed by atoms with E-state index in [2.05, 4.69) is 17.4 Å². The highest BCUT2D eigenvalue weighted by Crippen LogP contribution is 2.35. The van der Waals surface area contributed by atoms with Gasteiger partial charge in [-0.25, -0.2) is 0 Å². The van der Waals surface area contributed by atoms with Crippen molar-refractivity contribution in [1.29, 1.82) is 0 Å². The normalized spacial score (nSPS) is 16.7.